The van der Waals surface area contributed by atoms with E-state index in [0.717, 1.165) is 41.8 Å². The minimum atomic E-state index is -0.361. The Kier molecular flexibility index (Phi) is 4.63. The van der Waals surface area contributed by atoms with E-state index in [1.54, 1.807) is 19.1 Å². The number of nitro benzene ring substituents is 1. The number of hydrogen-bond donors (Lipinski definition) is 1. The second kappa shape index (κ2) is 6.67. The molecule has 0 amide bonds. The second-order valence-corrected chi connectivity index (χ2v) is 6.79. The summed E-state index contributed by atoms with van der Waals surface area (Å²) >= 11 is 1.48. The monoisotopic (exact) mass is 333 g/mol. The molecule has 23 heavy (non-hydrogen) atoms. The van der Waals surface area contributed by atoms with Crippen molar-refractivity contribution < 1.29 is 4.92 Å². The molecule has 0 bridgehead atoms. The van der Waals surface area contributed by atoms with Gasteiger partial charge in [0.25, 0.3) is 5.69 Å². The molecule has 8 heteroatoms. The zero-order valence-corrected chi connectivity index (χ0v) is 14.0. The Morgan fingerprint density at radius 2 is 2.26 bits per heavy atom. The van der Waals surface area contributed by atoms with Gasteiger partial charge in [0.1, 0.15) is 5.82 Å². The molecule has 122 valence electrons. The molecule has 1 aliphatic heterocycles. The van der Waals surface area contributed by atoms with Crippen molar-refractivity contribution in [1.29, 1.82) is 0 Å². The summed E-state index contributed by atoms with van der Waals surface area (Å²) in [4.78, 5) is 11.5. The number of rotatable bonds is 4. The van der Waals surface area contributed by atoms with Crippen molar-refractivity contribution >= 4 is 17.4 Å². The lowest BCUT2D eigenvalue weighted by molar-refractivity contribution is -0.385. The zero-order valence-electron chi connectivity index (χ0n) is 13.2. The third kappa shape index (κ3) is 3.37. The topological polar surface area (TPSA) is 85.9 Å². The Bertz CT molecular complexity index is 725. The van der Waals surface area contributed by atoms with Gasteiger partial charge in [0.05, 0.1) is 4.92 Å². The van der Waals surface area contributed by atoms with Crippen LogP contribution in [0.5, 0.6) is 0 Å². The van der Waals surface area contributed by atoms with Crippen molar-refractivity contribution in [3.8, 4) is 0 Å². The van der Waals surface area contributed by atoms with Gasteiger partial charge in [-0.3, -0.25) is 10.1 Å². The number of piperidine rings is 1. The molecule has 0 spiro atoms. The third-order valence-electron chi connectivity index (χ3n) is 4.10. The summed E-state index contributed by atoms with van der Waals surface area (Å²) in [5.41, 5.74) is 0.792. The van der Waals surface area contributed by atoms with Gasteiger partial charge in [0.2, 0.25) is 0 Å². The highest BCUT2D eigenvalue weighted by Gasteiger charge is 2.22. The van der Waals surface area contributed by atoms with Gasteiger partial charge in [-0.1, -0.05) is 0 Å². The molecule has 0 radical (unpaired) electrons. The number of nitrogens with one attached hydrogen (secondary N) is 1. The molecule has 1 aromatic heterocycles. The Morgan fingerprint density at radius 1 is 1.43 bits per heavy atom. The molecular weight excluding hydrogens is 314 g/mol. The highest BCUT2D eigenvalue weighted by Crippen LogP contribution is 2.31. The van der Waals surface area contributed by atoms with Crippen molar-refractivity contribution in [3.05, 3.63) is 39.7 Å². The predicted molar refractivity (Wildman–Crippen MR) is 87.8 cm³/mol. The van der Waals surface area contributed by atoms with Gasteiger partial charge in [-0.15, -0.1) is 10.2 Å². The maximum atomic E-state index is 10.9. The molecule has 2 heterocycles. The minimum Gasteiger partial charge on any atom is -0.316 e. The van der Waals surface area contributed by atoms with Gasteiger partial charge in [-0.2, -0.15) is 0 Å². The van der Waals surface area contributed by atoms with Gasteiger partial charge in [0.15, 0.2) is 5.16 Å². The zero-order chi connectivity index (χ0) is 16.4. The largest absolute Gasteiger partial charge is 0.316 e. The summed E-state index contributed by atoms with van der Waals surface area (Å²) in [5.74, 6) is 1.40. The van der Waals surface area contributed by atoms with Crippen LogP contribution >= 0.6 is 11.8 Å². The molecule has 1 aliphatic rings. The van der Waals surface area contributed by atoms with Crippen LogP contribution in [0.3, 0.4) is 0 Å². The molecule has 2 aromatic rings. The summed E-state index contributed by atoms with van der Waals surface area (Å²) in [5, 5.41) is 23.7. The summed E-state index contributed by atoms with van der Waals surface area (Å²) in [7, 11) is 1.98. The fraction of sp³-hybridized carbons (Fsp3) is 0.467. The van der Waals surface area contributed by atoms with E-state index in [4.69, 9.17) is 0 Å². The average Bonchev–Trinajstić information content (AvgIpc) is 2.89. The van der Waals surface area contributed by atoms with Gasteiger partial charge in [-0.25, -0.2) is 0 Å². The molecule has 1 aromatic carbocycles. The van der Waals surface area contributed by atoms with Crippen LogP contribution in [0.2, 0.25) is 0 Å². The predicted octanol–water partition coefficient (Wildman–Crippen LogP) is 2.65. The maximum absolute atomic E-state index is 10.9. The van der Waals surface area contributed by atoms with E-state index in [9.17, 15) is 10.1 Å². The molecule has 3 rings (SSSR count). The number of aromatic nitrogens is 3. The number of nitro groups is 1. The first-order valence-corrected chi connectivity index (χ1v) is 8.41. The van der Waals surface area contributed by atoms with Crippen LogP contribution in [0.15, 0.2) is 28.3 Å². The van der Waals surface area contributed by atoms with Crippen LogP contribution in [-0.2, 0) is 7.05 Å². The fourth-order valence-corrected chi connectivity index (χ4v) is 3.74. The van der Waals surface area contributed by atoms with Crippen LogP contribution in [0.4, 0.5) is 5.69 Å². The van der Waals surface area contributed by atoms with E-state index in [0.29, 0.717) is 11.5 Å². The fourth-order valence-electron chi connectivity index (χ4n) is 2.84. The smallest absolute Gasteiger partial charge is 0.272 e. The normalized spacial score (nSPS) is 18.1. The quantitative estimate of drug-likeness (QED) is 0.684. The number of aryl methyl sites for hydroxylation is 1. The van der Waals surface area contributed by atoms with Crippen molar-refractivity contribution in [2.45, 2.75) is 35.7 Å². The highest BCUT2D eigenvalue weighted by atomic mass is 32.2. The lowest BCUT2D eigenvalue weighted by atomic mass is 9.99. The highest BCUT2D eigenvalue weighted by molar-refractivity contribution is 7.99. The first-order chi connectivity index (χ1) is 11.1. The van der Waals surface area contributed by atoms with Crippen molar-refractivity contribution in [2.24, 2.45) is 7.05 Å². The minimum absolute atomic E-state index is 0.140. The summed E-state index contributed by atoms with van der Waals surface area (Å²) in [6.45, 7) is 3.75. The lowest BCUT2D eigenvalue weighted by Crippen LogP contribution is -2.29. The number of hydrogen-bond acceptors (Lipinski definition) is 6. The molecule has 1 atom stereocenters. The van der Waals surface area contributed by atoms with Crippen LogP contribution in [0.25, 0.3) is 0 Å². The summed E-state index contributed by atoms with van der Waals surface area (Å²) in [6.07, 6.45) is 2.28. The van der Waals surface area contributed by atoms with E-state index in [1.807, 2.05) is 17.7 Å². The van der Waals surface area contributed by atoms with E-state index in [1.165, 1.54) is 11.8 Å². The molecule has 0 unspecified atom stereocenters. The van der Waals surface area contributed by atoms with Crippen LogP contribution in [0, 0.1) is 17.0 Å². The van der Waals surface area contributed by atoms with Crippen LogP contribution < -0.4 is 5.32 Å². The van der Waals surface area contributed by atoms with Gasteiger partial charge in [0, 0.05) is 36.0 Å². The number of nitrogens with zero attached hydrogens (tertiary/aromatic N) is 4. The van der Waals surface area contributed by atoms with E-state index in [-0.39, 0.29) is 10.6 Å². The van der Waals surface area contributed by atoms with Gasteiger partial charge in [-0.05, 0) is 50.2 Å². The lowest BCUT2D eigenvalue weighted by Gasteiger charge is -2.21. The summed E-state index contributed by atoms with van der Waals surface area (Å²) in [6, 6.07) is 5.12. The van der Waals surface area contributed by atoms with Gasteiger partial charge >= 0.3 is 0 Å². The molecule has 1 fully saturated rings. The molecule has 0 aliphatic carbocycles. The van der Waals surface area contributed by atoms with E-state index in [2.05, 4.69) is 15.5 Å². The Hall–Kier alpha value is -1.93. The van der Waals surface area contributed by atoms with Crippen molar-refractivity contribution in [1.82, 2.24) is 20.1 Å². The molecule has 7 nitrogen and oxygen atoms in total. The molecule has 0 saturated carbocycles. The second-order valence-electron chi connectivity index (χ2n) is 5.75. The summed E-state index contributed by atoms with van der Waals surface area (Å²) < 4.78 is 2.03. The first-order valence-electron chi connectivity index (χ1n) is 7.59. The van der Waals surface area contributed by atoms with Crippen LogP contribution in [0.1, 0.15) is 30.1 Å². The molecule has 1 N–H and O–H groups in total. The first kappa shape index (κ1) is 15.9. The SMILES string of the molecule is Cc1cc(Sc2nnc([C@@H]3CCCNC3)n2C)ccc1[N+](=O)[O-]. The standard InChI is InChI=1S/C15H19N5O2S/c1-10-8-12(5-6-13(10)20(21)22)23-15-18-17-14(19(15)2)11-4-3-7-16-9-11/h5-6,8,11,16H,3-4,7,9H2,1-2H3/t11-/m1/s1. The maximum Gasteiger partial charge on any atom is 0.272 e. The van der Waals surface area contributed by atoms with E-state index < -0.39 is 0 Å². The van der Waals surface area contributed by atoms with Gasteiger partial charge < -0.3 is 9.88 Å². The number of benzene rings is 1. The molecular formula is C15H19N5O2S. The van der Waals surface area contributed by atoms with Crippen molar-refractivity contribution in [2.75, 3.05) is 13.1 Å². The van der Waals surface area contributed by atoms with E-state index >= 15 is 0 Å². The van der Waals surface area contributed by atoms with Crippen molar-refractivity contribution in [3.63, 3.8) is 0 Å². The third-order valence-corrected chi connectivity index (χ3v) is 5.13. The van der Waals surface area contributed by atoms with Crippen LogP contribution in [-0.4, -0.2) is 32.8 Å². The molecule has 1 saturated heterocycles. The average molecular weight is 333 g/mol. The Morgan fingerprint density at radius 3 is 2.91 bits per heavy atom. The Labute approximate surface area is 138 Å². The Balaban J connectivity index is 1.79.